The third-order valence-corrected chi connectivity index (χ3v) is 25.0. The van der Waals surface area contributed by atoms with E-state index in [9.17, 15) is 43.5 Å². The first-order chi connectivity index (χ1) is 68.1. The van der Waals surface area contributed by atoms with Gasteiger partial charge in [-0.05, 0) is 199 Å². The van der Waals surface area contributed by atoms with Gasteiger partial charge in [0.1, 0.15) is 11.2 Å². The van der Waals surface area contributed by atoms with Crippen molar-refractivity contribution in [3.05, 3.63) is 325 Å². The van der Waals surface area contributed by atoms with Crippen molar-refractivity contribution in [2.45, 2.75) is 52.7 Å². The molecule has 3 fully saturated rings. The minimum Gasteiger partial charge on any atom is -0.545 e. The van der Waals surface area contributed by atoms with E-state index in [1.807, 2.05) is 258 Å². The summed E-state index contributed by atoms with van der Waals surface area (Å²) in [6, 6.07) is 81.7. The Morgan fingerprint density at radius 1 is 0.303 bits per heavy atom. The number of nitrogen functional groups attached to an aromatic ring is 2. The van der Waals surface area contributed by atoms with Gasteiger partial charge >= 0.3 is 59.8 Å². The average Bonchev–Trinajstić information content (AvgIpc) is 1.69. The van der Waals surface area contributed by atoms with Gasteiger partial charge in [-0.2, -0.15) is 0 Å². The number of aromatic nitrogens is 6. The summed E-state index contributed by atoms with van der Waals surface area (Å²) >= 11 is 4.83. The van der Waals surface area contributed by atoms with Crippen molar-refractivity contribution < 1.29 is 82.5 Å². The van der Waals surface area contributed by atoms with Crippen LogP contribution < -0.4 is 98.0 Å². The van der Waals surface area contributed by atoms with Gasteiger partial charge in [0.25, 0.3) is 11.8 Å². The second-order valence-corrected chi connectivity index (χ2v) is 37.4. The van der Waals surface area contributed by atoms with Crippen molar-refractivity contribution in [3.63, 3.8) is 0 Å². The number of hydrogen-bond acceptors (Lipinski definition) is 25. The van der Waals surface area contributed by atoms with E-state index >= 15 is 0 Å². The van der Waals surface area contributed by atoms with E-state index in [4.69, 9.17) is 20.9 Å². The average molecular weight is 1970 g/mol. The molecule has 15 aromatic rings. The first-order valence-corrected chi connectivity index (χ1v) is 48.0. The molecule has 18 rings (SSSR count). The number of nitrogens with one attached hydrogen (secondary N) is 7. The van der Waals surface area contributed by atoms with Crippen LogP contribution in [0.5, 0.6) is 0 Å². The monoisotopic (exact) mass is 1970 g/mol. The fourth-order valence-electron chi connectivity index (χ4n) is 15.0. The van der Waals surface area contributed by atoms with Crippen molar-refractivity contribution in [1.29, 1.82) is 0 Å². The Kier molecular flexibility index (Phi) is 34.5. The van der Waals surface area contributed by atoms with Gasteiger partial charge in [-0.25, -0.2) is 53.9 Å². The molecule has 0 bridgehead atoms. The second-order valence-electron chi connectivity index (χ2n) is 34.6. The van der Waals surface area contributed by atoms with Crippen LogP contribution in [0.2, 0.25) is 0 Å². The number of benzene rings is 9. The van der Waals surface area contributed by atoms with Crippen molar-refractivity contribution in [2.75, 3.05) is 142 Å². The Bertz CT molecular complexity index is 6760. The molecule has 9 aromatic carbocycles. The summed E-state index contributed by atoms with van der Waals surface area (Å²) in [6.45, 7) is 17.2. The molecule has 142 heavy (non-hydrogen) atoms. The maximum atomic E-state index is 13.3. The SMILES string of the molecule is CC(C)(C)OC(=O)Nc1ccc(-c2cccs2)cc1N.CC(C)(C)OC(=O)Nc1ccc(-c2cccs2)cc1NC(=O)c1cnc(N2CCN(C(=O)Nc3ccc(-c4ccccc4)cc3)CC2)nc1.Nc1ccc(-c2cccs2)cc1NC(=O)c1cnc(N2CCN(C(=O)Nc3ccc(-c4ccccc4)cc3)CC2)nc1.O=C([O-])c1cnc(N2CCN(C(=O)Nc3ccc(-c4ccccc4)cc3)CC2)nc1.[Na+]. The Balaban J connectivity index is 0.000000157. The summed E-state index contributed by atoms with van der Waals surface area (Å²) in [5.41, 5.74) is 26.1. The normalized spacial score (nSPS) is 12.8. The van der Waals surface area contributed by atoms with Crippen LogP contribution in [-0.4, -0.2) is 182 Å². The van der Waals surface area contributed by atoms with E-state index in [1.54, 1.807) is 93.7 Å². The van der Waals surface area contributed by atoms with E-state index in [2.05, 4.69) is 91.4 Å². The van der Waals surface area contributed by atoms with Crippen LogP contribution in [-0.2, 0) is 9.47 Å². The molecule has 0 atom stereocenters. The zero-order chi connectivity index (χ0) is 98.9. The van der Waals surface area contributed by atoms with Gasteiger partial charge in [-0.3, -0.25) is 20.2 Å². The first kappa shape index (κ1) is 102. The summed E-state index contributed by atoms with van der Waals surface area (Å²) in [6.07, 6.45) is 7.29. The molecule has 0 spiro atoms. The van der Waals surface area contributed by atoms with Crippen molar-refractivity contribution in [3.8, 4) is 64.7 Å². The number of urea groups is 3. The topological polar surface area (TPSA) is 411 Å². The first-order valence-electron chi connectivity index (χ1n) is 45.3. The summed E-state index contributed by atoms with van der Waals surface area (Å²) in [5.74, 6) is -0.644. The number of anilines is 12. The van der Waals surface area contributed by atoms with Gasteiger partial charge in [-0.15, -0.1) is 34.0 Å². The summed E-state index contributed by atoms with van der Waals surface area (Å²) < 4.78 is 10.6. The predicted octanol–water partition coefficient (Wildman–Crippen LogP) is 17.1. The summed E-state index contributed by atoms with van der Waals surface area (Å²) in [5, 5.41) is 36.8. The Labute approximate surface area is 856 Å². The second kappa shape index (κ2) is 48.1. The molecule has 0 radical (unpaired) electrons. The van der Waals surface area contributed by atoms with Crippen molar-refractivity contribution >= 4 is 151 Å². The molecule has 0 aliphatic carbocycles. The number of ether oxygens (including phenoxy) is 2. The molecule has 32 nitrogen and oxygen atoms in total. The number of carboxylic acid groups (broad SMARTS) is 1. The molecule has 11 N–H and O–H groups in total. The molecule has 10 amide bonds. The third kappa shape index (κ3) is 28.7. The molecule has 0 unspecified atom stereocenters. The standard InChI is InChI=1S/C37H37N7O4S.C32H29N7O2S.C22H21N5O3.C15H18N2O2S.Na/c1-37(2,3)48-36(47)42-30-16-13-27(32-10-7-21-49-32)22-31(30)41-33(45)28-23-38-34(39-24-28)43-17-19-44(20-18-43)35(46)40-29-14-11-26(12-15-29)25-8-5-4-6-9-25;33-27-13-10-24(29-7-4-18-42-29)19-28(27)37-30(40)25-20-34-31(35-21-25)38-14-16-39(17-15-38)32(41)36-26-11-8-23(9-12-26)22-5-2-1-3-6-22;28-20(29)18-14-23-21(24-15-18)26-10-12-27(13-11-26)22(30)25-19-8-6-17(7-9-19)16-4-2-1-3-5-16;1-15(2,3)19-14(18)17-12-7-6-10(9-11(12)16)13-5-4-8-20-13;/h4-16,21-24H,17-20H2,1-3H3,(H,40,46)(H,41,45)(H,42,47);1-13,18-21H,14-17,33H2,(H,36,41)(H,37,40);1-9,14-15H,10-13H2,(H,25,30)(H,28,29);4-9H,16H2,1-3H3,(H,17,18);/q;;;;+1/p-1. The number of hydrogen-bond donors (Lipinski definition) is 9. The number of nitrogens with two attached hydrogens (primary N) is 2. The fraction of sp³-hybridized carbons (Fsp3) is 0.189. The molecule has 3 aliphatic heterocycles. The van der Waals surface area contributed by atoms with E-state index < -0.39 is 35.3 Å². The van der Waals surface area contributed by atoms with Crippen LogP contribution in [0, 0.1) is 0 Å². The van der Waals surface area contributed by atoms with E-state index in [1.165, 1.54) is 37.2 Å². The van der Waals surface area contributed by atoms with Crippen LogP contribution in [0.25, 0.3) is 64.7 Å². The maximum Gasteiger partial charge on any atom is 1.00 e. The zero-order valence-electron chi connectivity index (χ0n) is 79.2. The van der Waals surface area contributed by atoms with E-state index in [0.717, 1.165) is 81.8 Å². The van der Waals surface area contributed by atoms with Crippen LogP contribution in [0.4, 0.5) is 93.0 Å². The van der Waals surface area contributed by atoms with E-state index in [-0.39, 0.29) is 64.7 Å². The van der Waals surface area contributed by atoms with Crippen LogP contribution >= 0.6 is 34.0 Å². The maximum absolute atomic E-state index is 13.3. The molecule has 0 saturated carbocycles. The number of aromatic carboxylic acids is 1. The predicted molar refractivity (Wildman–Crippen MR) is 558 cm³/mol. The smallest absolute Gasteiger partial charge is 0.545 e. The van der Waals surface area contributed by atoms with Crippen molar-refractivity contribution in [1.82, 2.24) is 44.6 Å². The fourth-order valence-corrected chi connectivity index (χ4v) is 17.1. The minimum atomic E-state index is -1.31. The molecule has 9 heterocycles. The Morgan fingerprint density at radius 3 is 0.908 bits per heavy atom. The molecular weight excluding hydrogens is 1860 g/mol. The van der Waals surface area contributed by atoms with Crippen LogP contribution in [0.15, 0.2) is 308 Å². The summed E-state index contributed by atoms with van der Waals surface area (Å²) in [4.78, 5) is 140. The van der Waals surface area contributed by atoms with Gasteiger partial charge in [-0.1, -0.05) is 164 Å². The van der Waals surface area contributed by atoms with Gasteiger partial charge < -0.3 is 86.8 Å². The van der Waals surface area contributed by atoms with Gasteiger partial charge in [0, 0.05) is 153 Å². The van der Waals surface area contributed by atoms with Crippen LogP contribution in [0.3, 0.4) is 0 Å². The van der Waals surface area contributed by atoms with Crippen LogP contribution in [0.1, 0.15) is 72.6 Å². The number of carbonyl (C=O) groups is 8. The molecule has 6 aromatic heterocycles. The molecule has 3 saturated heterocycles. The number of rotatable bonds is 19. The molecular formula is C106H104N21NaO11S3. The number of nitrogens with zero attached hydrogens (tertiary/aromatic N) is 12. The van der Waals surface area contributed by atoms with Gasteiger partial charge in [0.15, 0.2) is 0 Å². The van der Waals surface area contributed by atoms with Crippen molar-refractivity contribution in [2.24, 2.45) is 0 Å². The quantitative estimate of drug-likeness (QED) is 0.0268. The van der Waals surface area contributed by atoms with Gasteiger partial charge in [0.2, 0.25) is 17.8 Å². The summed E-state index contributed by atoms with van der Waals surface area (Å²) in [7, 11) is 0. The number of piperazine rings is 3. The number of amides is 10. The molecule has 3 aliphatic rings. The Morgan fingerprint density at radius 2 is 0.592 bits per heavy atom. The third-order valence-electron chi connectivity index (χ3n) is 22.3. The minimum absolute atomic E-state index is 0. The largest absolute Gasteiger partial charge is 1.00 e. The molecule has 718 valence electrons. The van der Waals surface area contributed by atoms with E-state index in [0.29, 0.717) is 136 Å². The molecule has 36 heteroatoms. The number of carboxylic acids is 1. The number of carbonyl (C=O) groups excluding carboxylic acids is 8. The van der Waals surface area contributed by atoms with Gasteiger partial charge in [0.05, 0.1) is 51.2 Å². The number of thiophene rings is 3. The zero-order valence-corrected chi connectivity index (χ0v) is 83.6. The Hall–Kier alpha value is -15.9.